The zero-order valence-electron chi connectivity index (χ0n) is 14.9. The van der Waals surface area contributed by atoms with Crippen molar-refractivity contribution < 1.29 is 4.79 Å². The van der Waals surface area contributed by atoms with Gasteiger partial charge in [-0.15, -0.1) is 11.3 Å². The molecule has 8 heteroatoms. The molecule has 0 spiro atoms. The average molecular weight is 371 g/mol. The lowest BCUT2D eigenvalue weighted by molar-refractivity contribution is 0.0954. The van der Waals surface area contributed by atoms with Crippen molar-refractivity contribution in [3.05, 3.63) is 44.3 Å². The van der Waals surface area contributed by atoms with Crippen molar-refractivity contribution in [1.82, 2.24) is 24.8 Å². The maximum Gasteiger partial charge on any atom is 0.262 e. The molecule has 136 valence electrons. The summed E-state index contributed by atoms with van der Waals surface area (Å²) >= 11 is 1.30. The van der Waals surface area contributed by atoms with Crippen molar-refractivity contribution in [2.24, 2.45) is 0 Å². The highest BCUT2D eigenvalue weighted by Crippen LogP contribution is 2.28. The number of nitrogens with zero attached hydrogens (tertiary/aromatic N) is 3. The van der Waals surface area contributed by atoms with Crippen molar-refractivity contribution in [3.8, 4) is 0 Å². The molecule has 3 aromatic heterocycles. The summed E-state index contributed by atoms with van der Waals surface area (Å²) in [6.07, 6.45) is 5.61. The largest absolute Gasteiger partial charge is 0.348 e. The molecule has 0 unspecified atom stereocenters. The van der Waals surface area contributed by atoms with E-state index in [1.54, 1.807) is 10.9 Å². The summed E-state index contributed by atoms with van der Waals surface area (Å²) in [5.41, 5.74) is 2.45. The predicted octanol–water partition coefficient (Wildman–Crippen LogP) is 2.45. The van der Waals surface area contributed by atoms with E-state index in [9.17, 15) is 9.59 Å². The molecule has 2 N–H and O–H groups in total. The van der Waals surface area contributed by atoms with E-state index in [-0.39, 0.29) is 11.5 Å². The topological polar surface area (TPSA) is 92.7 Å². The number of thiophene rings is 1. The number of aromatic nitrogens is 4. The van der Waals surface area contributed by atoms with Crippen LogP contribution in [0.1, 0.15) is 51.7 Å². The number of carbonyl (C=O) groups excluding carboxylic acids is 1. The van der Waals surface area contributed by atoms with E-state index in [1.165, 1.54) is 11.3 Å². The first-order valence-electron chi connectivity index (χ1n) is 8.86. The summed E-state index contributed by atoms with van der Waals surface area (Å²) in [5, 5.41) is 3.48. The number of amides is 1. The summed E-state index contributed by atoms with van der Waals surface area (Å²) in [6.45, 7) is 4.81. The molecule has 0 bridgehead atoms. The number of nitrogens with one attached hydrogen (secondary N) is 2. The van der Waals surface area contributed by atoms with Gasteiger partial charge in [0.25, 0.3) is 11.5 Å². The second-order valence-corrected chi connectivity index (χ2v) is 7.69. The van der Waals surface area contributed by atoms with Crippen LogP contribution in [0.15, 0.2) is 11.1 Å². The van der Waals surface area contributed by atoms with Crippen LogP contribution in [-0.2, 0) is 19.5 Å². The van der Waals surface area contributed by atoms with Crippen LogP contribution >= 0.6 is 11.3 Å². The van der Waals surface area contributed by atoms with E-state index in [2.05, 4.69) is 15.3 Å². The van der Waals surface area contributed by atoms with Gasteiger partial charge in [-0.2, -0.15) is 0 Å². The molecule has 0 saturated heterocycles. The Morgan fingerprint density at radius 1 is 1.35 bits per heavy atom. The summed E-state index contributed by atoms with van der Waals surface area (Å²) in [7, 11) is 0. The van der Waals surface area contributed by atoms with Crippen LogP contribution < -0.4 is 10.9 Å². The molecule has 0 aliphatic carbocycles. The third-order valence-corrected chi connectivity index (χ3v) is 6.15. The van der Waals surface area contributed by atoms with E-state index in [4.69, 9.17) is 4.98 Å². The van der Waals surface area contributed by atoms with Crippen LogP contribution in [0.2, 0.25) is 0 Å². The molecular formula is C18H21N5O2S. The minimum Gasteiger partial charge on any atom is -0.348 e. The van der Waals surface area contributed by atoms with Crippen molar-refractivity contribution in [2.45, 2.75) is 52.6 Å². The fourth-order valence-electron chi connectivity index (χ4n) is 3.44. The van der Waals surface area contributed by atoms with E-state index in [0.29, 0.717) is 28.2 Å². The second-order valence-electron chi connectivity index (χ2n) is 6.69. The van der Waals surface area contributed by atoms with Gasteiger partial charge in [-0.05, 0) is 32.3 Å². The maximum atomic E-state index is 13.0. The lowest BCUT2D eigenvalue weighted by Crippen LogP contribution is -2.25. The second kappa shape index (κ2) is 6.68. The summed E-state index contributed by atoms with van der Waals surface area (Å²) in [5.74, 6) is 0.660. The zero-order valence-corrected chi connectivity index (χ0v) is 15.7. The van der Waals surface area contributed by atoms with Crippen molar-refractivity contribution in [1.29, 1.82) is 0 Å². The van der Waals surface area contributed by atoms with Crippen LogP contribution in [0, 0.1) is 13.8 Å². The van der Waals surface area contributed by atoms with Gasteiger partial charge in [0.1, 0.15) is 10.7 Å². The van der Waals surface area contributed by atoms with Crippen LogP contribution in [-0.4, -0.2) is 25.4 Å². The number of hydrogen-bond donors (Lipinski definition) is 2. The number of rotatable bonds is 3. The SMILES string of the molecule is Cc1[nH]cnc1CNC(=O)c1sc2nc3n(c(=O)c2c1C)CCCCC3. The van der Waals surface area contributed by atoms with E-state index in [0.717, 1.165) is 48.5 Å². The van der Waals surface area contributed by atoms with Crippen molar-refractivity contribution in [3.63, 3.8) is 0 Å². The number of hydrogen-bond acceptors (Lipinski definition) is 5. The molecule has 4 rings (SSSR count). The Bertz CT molecular complexity index is 1050. The first-order valence-corrected chi connectivity index (χ1v) is 9.67. The standard InChI is InChI=1S/C18H21N5O2S/c1-10-14-17(22-13-6-4-3-5-7-23(13)18(14)25)26-15(10)16(24)19-8-12-11(2)20-9-21-12/h9H,3-8H2,1-2H3,(H,19,24)(H,20,21). The Morgan fingerprint density at radius 3 is 2.96 bits per heavy atom. The molecule has 1 aliphatic heterocycles. The summed E-state index contributed by atoms with van der Waals surface area (Å²) < 4.78 is 1.80. The van der Waals surface area contributed by atoms with Crippen molar-refractivity contribution >= 4 is 27.5 Å². The molecule has 0 aromatic carbocycles. The normalized spacial score (nSPS) is 14.2. The smallest absolute Gasteiger partial charge is 0.262 e. The van der Waals surface area contributed by atoms with Gasteiger partial charge in [0.15, 0.2) is 0 Å². The van der Waals surface area contributed by atoms with Gasteiger partial charge in [-0.1, -0.05) is 6.42 Å². The highest BCUT2D eigenvalue weighted by molar-refractivity contribution is 7.20. The lowest BCUT2D eigenvalue weighted by Gasteiger charge is -2.08. The van der Waals surface area contributed by atoms with E-state index in [1.807, 2.05) is 13.8 Å². The maximum absolute atomic E-state index is 13.0. The number of H-pyrrole nitrogens is 1. The molecule has 7 nitrogen and oxygen atoms in total. The number of imidazole rings is 1. The quantitative estimate of drug-likeness (QED) is 0.740. The lowest BCUT2D eigenvalue weighted by atomic mass is 10.2. The molecule has 0 saturated carbocycles. The summed E-state index contributed by atoms with van der Waals surface area (Å²) in [6, 6.07) is 0. The minimum absolute atomic E-state index is 0.0113. The van der Waals surface area contributed by atoms with Gasteiger partial charge in [0.2, 0.25) is 0 Å². The van der Waals surface area contributed by atoms with E-state index < -0.39 is 0 Å². The molecule has 1 aliphatic rings. The number of carbonyl (C=O) groups is 1. The van der Waals surface area contributed by atoms with E-state index >= 15 is 0 Å². The molecular weight excluding hydrogens is 350 g/mol. The Hall–Kier alpha value is -2.48. The first kappa shape index (κ1) is 17.0. The Labute approximate surface area is 154 Å². The molecule has 26 heavy (non-hydrogen) atoms. The van der Waals surface area contributed by atoms with Gasteiger partial charge in [0.05, 0.1) is 28.8 Å². The minimum atomic E-state index is -0.188. The third kappa shape index (κ3) is 2.84. The molecule has 0 fully saturated rings. The van der Waals surface area contributed by atoms with Gasteiger partial charge >= 0.3 is 0 Å². The molecule has 0 atom stereocenters. The number of aryl methyl sites for hydroxylation is 3. The predicted molar refractivity (Wildman–Crippen MR) is 101 cm³/mol. The molecule has 4 heterocycles. The van der Waals surface area contributed by atoms with Crippen LogP contribution in [0.3, 0.4) is 0 Å². The number of fused-ring (bicyclic) bond motifs is 2. The van der Waals surface area contributed by atoms with Gasteiger partial charge in [-0.25, -0.2) is 9.97 Å². The highest BCUT2D eigenvalue weighted by atomic mass is 32.1. The van der Waals surface area contributed by atoms with Crippen LogP contribution in [0.5, 0.6) is 0 Å². The average Bonchev–Trinajstić information content (AvgIpc) is 3.07. The fourth-order valence-corrected chi connectivity index (χ4v) is 4.54. The molecule has 3 aromatic rings. The Kier molecular flexibility index (Phi) is 4.36. The molecule has 0 radical (unpaired) electrons. The van der Waals surface area contributed by atoms with Crippen LogP contribution in [0.4, 0.5) is 0 Å². The zero-order chi connectivity index (χ0) is 18.3. The summed E-state index contributed by atoms with van der Waals surface area (Å²) in [4.78, 5) is 38.7. The monoisotopic (exact) mass is 371 g/mol. The van der Waals surface area contributed by atoms with Crippen LogP contribution in [0.25, 0.3) is 10.2 Å². The third-order valence-electron chi connectivity index (χ3n) is 4.97. The first-order chi connectivity index (χ1) is 12.6. The Balaban J connectivity index is 1.69. The highest BCUT2D eigenvalue weighted by Gasteiger charge is 2.22. The Morgan fingerprint density at radius 2 is 2.19 bits per heavy atom. The molecule has 1 amide bonds. The fraction of sp³-hybridized carbons (Fsp3) is 0.444. The van der Waals surface area contributed by atoms with Crippen molar-refractivity contribution in [2.75, 3.05) is 0 Å². The van der Waals surface area contributed by atoms with Gasteiger partial charge in [-0.3, -0.25) is 14.2 Å². The van der Waals surface area contributed by atoms with Gasteiger partial charge in [0, 0.05) is 18.7 Å². The van der Waals surface area contributed by atoms with Gasteiger partial charge < -0.3 is 10.3 Å². The number of aromatic amines is 1.